The van der Waals surface area contributed by atoms with Crippen LogP contribution in [0.4, 0.5) is 17.2 Å². The van der Waals surface area contributed by atoms with Gasteiger partial charge in [-0.3, -0.25) is 19.6 Å². The van der Waals surface area contributed by atoms with Gasteiger partial charge in [0, 0.05) is 40.8 Å². The van der Waals surface area contributed by atoms with Crippen LogP contribution in [0.1, 0.15) is 51.9 Å². The average Bonchev–Trinajstić information content (AvgIpc) is 3.76. The number of methoxy groups -OCH3 is 1. The Labute approximate surface area is 200 Å². The van der Waals surface area contributed by atoms with Gasteiger partial charge in [-0.1, -0.05) is 6.07 Å². The van der Waals surface area contributed by atoms with E-state index in [9.17, 15) is 9.59 Å². The maximum Gasteiger partial charge on any atom is 0.273 e. The fourth-order valence-electron chi connectivity index (χ4n) is 3.62. The van der Waals surface area contributed by atoms with Crippen molar-refractivity contribution < 1.29 is 18.4 Å². The van der Waals surface area contributed by atoms with Crippen LogP contribution in [0.2, 0.25) is 0 Å². The van der Waals surface area contributed by atoms with Crippen molar-refractivity contribution in [1.82, 2.24) is 25.5 Å². The molecule has 5 rings (SSSR count). The summed E-state index contributed by atoms with van der Waals surface area (Å²) < 4.78 is 27.8. The van der Waals surface area contributed by atoms with Crippen LogP contribution in [0.15, 0.2) is 36.7 Å². The number of nitrogens with one attached hydrogen (secondary N) is 3. The average molecular weight is 463 g/mol. The number of benzene rings is 1. The standard InChI is InChI=1S/C24H25N7O3/c1-25-24(33)21-17(10-20(30-31-21)29-23(32)14-8-9-14)28-16-5-3-4-15(22(16)34-2)19-12-26-18(11-27-19)13-6-7-13/h3-5,10-14H,6-9H2,1-2H3,(H,25,33)(H2,28,29,30,32)/i1D3. The van der Waals surface area contributed by atoms with E-state index in [4.69, 9.17) is 8.85 Å². The quantitative estimate of drug-likeness (QED) is 0.465. The normalized spacial score (nSPS) is 16.6. The van der Waals surface area contributed by atoms with Gasteiger partial charge in [0.1, 0.15) is 0 Å². The molecule has 1 aromatic carbocycles. The van der Waals surface area contributed by atoms with E-state index in [1.54, 1.807) is 24.5 Å². The van der Waals surface area contributed by atoms with E-state index in [0.717, 1.165) is 31.4 Å². The van der Waals surface area contributed by atoms with Crippen molar-refractivity contribution in [3.8, 4) is 17.0 Å². The van der Waals surface area contributed by atoms with Crippen LogP contribution < -0.4 is 20.7 Å². The molecule has 3 aromatic rings. The molecule has 0 aliphatic heterocycles. The number of aromatic nitrogens is 4. The molecule has 2 saturated carbocycles. The van der Waals surface area contributed by atoms with Crippen molar-refractivity contribution >= 4 is 29.0 Å². The largest absolute Gasteiger partial charge is 0.494 e. The van der Waals surface area contributed by atoms with E-state index in [2.05, 4.69) is 30.8 Å². The van der Waals surface area contributed by atoms with Gasteiger partial charge in [-0.2, -0.15) is 0 Å². The number of rotatable bonds is 8. The highest BCUT2D eigenvalue weighted by molar-refractivity contribution is 6.00. The van der Waals surface area contributed by atoms with Crippen LogP contribution in [-0.4, -0.2) is 46.1 Å². The van der Waals surface area contributed by atoms with Crippen LogP contribution in [-0.2, 0) is 4.79 Å². The highest BCUT2D eigenvalue weighted by Crippen LogP contribution is 2.40. The zero-order valence-corrected chi connectivity index (χ0v) is 18.5. The van der Waals surface area contributed by atoms with Gasteiger partial charge in [0.2, 0.25) is 5.91 Å². The summed E-state index contributed by atoms with van der Waals surface area (Å²) in [4.78, 5) is 34.0. The number of carbonyl (C=O) groups is 2. The number of amides is 2. The fraction of sp³-hybridized carbons (Fsp3) is 0.333. The predicted molar refractivity (Wildman–Crippen MR) is 126 cm³/mol. The Morgan fingerprint density at radius 2 is 1.94 bits per heavy atom. The van der Waals surface area contributed by atoms with Gasteiger partial charge in [-0.05, 0) is 37.8 Å². The number of anilines is 3. The molecule has 10 nitrogen and oxygen atoms in total. The topological polar surface area (TPSA) is 131 Å². The second-order valence-corrected chi connectivity index (χ2v) is 8.32. The molecule has 174 valence electrons. The molecule has 34 heavy (non-hydrogen) atoms. The van der Waals surface area contributed by atoms with Crippen LogP contribution in [0.25, 0.3) is 11.3 Å². The molecule has 2 heterocycles. The number of hydrogen-bond acceptors (Lipinski definition) is 8. The summed E-state index contributed by atoms with van der Waals surface area (Å²) in [7, 11) is 1.50. The molecule has 0 radical (unpaired) electrons. The first kappa shape index (κ1) is 18.4. The molecule has 2 fully saturated rings. The summed E-state index contributed by atoms with van der Waals surface area (Å²) in [6, 6.07) is 6.77. The molecule has 2 aliphatic carbocycles. The first-order valence-corrected chi connectivity index (χ1v) is 11.0. The van der Waals surface area contributed by atoms with Gasteiger partial charge < -0.3 is 20.7 Å². The van der Waals surface area contributed by atoms with Gasteiger partial charge in [0.25, 0.3) is 5.91 Å². The Kier molecular flexibility index (Phi) is 4.88. The zero-order chi connectivity index (χ0) is 26.2. The zero-order valence-electron chi connectivity index (χ0n) is 21.5. The van der Waals surface area contributed by atoms with E-state index in [-0.39, 0.29) is 29.0 Å². The third-order valence-electron chi connectivity index (χ3n) is 5.75. The van der Waals surface area contributed by atoms with Crippen molar-refractivity contribution in [2.24, 2.45) is 5.92 Å². The molecule has 3 N–H and O–H groups in total. The first-order chi connectivity index (χ1) is 17.7. The number of para-hydroxylation sites is 1. The van der Waals surface area contributed by atoms with Gasteiger partial charge in [0.05, 0.1) is 36.1 Å². The number of nitrogens with zero attached hydrogens (tertiary/aromatic N) is 4. The molecular weight excluding hydrogens is 434 g/mol. The predicted octanol–water partition coefficient (Wildman–Crippen LogP) is 3.27. The molecule has 0 unspecified atom stereocenters. The lowest BCUT2D eigenvalue weighted by atomic mass is 10.1. The molecule has 10 heteroatoms. The Hall–Kier alpha value is -4.08. The first-order valence-electron chi connectivity index (χ1n) is 12.5. The lowest BCUT2D eigenvalue weighted by Gasteiger charge is -2.16. The van der Waals surface area contributed by atoms with E-state index in [1.165, 1.54) is 13.2 Å². The van der Waals surface area contributed by atoms with Crippen molar-refractivity contribution in [2.45, 2.75) is 31.6 Å². The van der Waals surface area contributed by atoms with E-state index in [1.807, 2.05) is 11.4 Å². The van der Waals surface area contributed by atoms with E-state index < -0.39 is 12.9 Å². The summed E-state index contributed by atoms with van der Waals surface area (Å²) in [5.74, 6) is -0.176. The minimum atomic E-state index is -2.72. The molecule has 0 spiro atoms. The lowest BCUT2D eigenvalue weighted by molar-refractivity contribution is -0.117. The molecule has 2 aromatic heterocycles. The summed E-state index contributed by atoms with van der Waals surface area (Å²) in [5, 5.41) is 15.5. The Bertz CT molecular complexity index is 1340. The molecule has 0 atom stereocenters. The third-order valence-corrected chi connectivity index (χ3v) is 5.75. The lowest BCUT2D eigenvalue weighted by Crippen LogP contribution is -2.22. The highest BCUT2D eigenvalue weighted by Gasteiger charge is 2.30. The molecule has 0 bridgehead atoms. The minimum absolute atomic E-state index is 0.0686. The minimum Gasteiger partial charge on any atom is -0.494 e. The maximum atomic E-state index is 12.7. The fourth-order valence-corrected chi connectivity index (χ4v) is 3.62. The Morgan fingerprint density at radius 3 is 2.62 bits per heavy atom. The molecule has 0 saturated heterocycles. The van der Waals surface area contributed by atoms with Gasteiger partial charge in [-0.15, -0.1) is 10.2 Å². The van der Waals surface area contributed by atoms with Crippen LogP contribution in [0.3, 0.4) is 0 Å². The van der Waals surface area contributed by atoms with Gasteiger partial charge in [-0.25, -0.2) is 0 Å². The van der Waals surface area contributed by atoms with Crippen molar-refractivity contribution in [3.05, 3.63) is 48.0 Å². The van der Waals surface area contributed by atoms with Crippen LogP contribution in [0, 0.1) is 5.92 Å². The summed E-state index contributed by atoms with van der Waals surface area (Å²) in [6.45, 7) is -2.72. The van der Waals surface area contributed by atoms with Crippen molar-refractivity contribution in [3.63, 3.8) is 0 Å². The second-order valence-electron chi connectivity index (χ2n) is 8.32. The van der Waals surface area contributed by atoms with Gasteiger partial charge >= 0.3 is 0 Å². The van der Waals surface area contributed by atoms with Crippen LogP contribution in [0.5, 0.6) is 5.75 Å². The molecular formula is C24H25N7O3. The molecule has 2 amide bonds. The second kappa shape index (κ2) is 9.05. The number of ether oxygens (including phenoxy) is 1. The van der Waals surface area contributed by atoms with E-state index in [0.29, 0.717) is 28.6 Å². The summed E-state index contributed by atoms with van der Waals surface area (Å²) >= 11 is 0. The van der Waals surface area contributed by atoms with E-state index >= 15 is 0 Å². The number of hydrogen-bond donors (Lipinski definition) is 3. The van der Waals surface area contributed by atoms with Crippen LogP contribution >= 0.6 is 0 Å². The Balaban J connectivity index is 1.49. The third kappa shape index (κ3) is 4.52. The maximum absolute atomic E-state index is 12.7. The summed E-state index contributed by atoms with van der Waals surface area (Å²) in [6.07, 6.45) is 7.32. The Morgan fingerprint density at radius 1 is 1.09 bits per heavy atom. The smallest absolute Gasteiger partial charge is 0.273 e. The van der Waals surface area contributed by atoms with Crippen molar-refractivity contribution in [2.75, 3.05) is 24.7 Å². The summed E-state index contributed by atoms with van der Waals surface area (Å²) in [5.41, 5.74) is 2.57. The van der Waals surface area contributed by atoms with Gasteiger partial charge in [0.15, 0.2) is 17.3 Å². The van der Waals surface area contributed by atoms with Crippen molar-refractivity contribution in [1.29, 1.82) is 0 Å². The SMILES string of the molecule is [2H]C([2H])([2H])NC(=O)c1nnc(NC(=O)C2CC2)cc1Nc1cccc(-c2cnc(C3CC3)cn2)c1OC. The highest BCUT2D eigenvalue weighted by atomic mass is 16.5. The molecule has 2 aliphatic rings. The number of carbonyl (C=O) groups excluding carboxylic acids is 2. The monoisotopic (exact) mass is 462 g/mol.